The standard InChI is InChI=1S/C21H18ClN5O.C20H17ClF2N4O/c22-16-4-5-18-19(11-16)24-13-25-20(18)27-8-6-17(7-9-27)26-21(28)15-3-1-2-14(10-15)12-23;21-13-1-2-17-18(9-13)24-11-25-19(17)27-5-3-16(4-6-27)26-20(28)12-7-14(22)10-15(23)8-12/h1-5,10-11,13,17H,6-9H2,(H,26,28);1-2,7-11,16H,3-6H2,(H,26,28). The van der Waals surface area contributed by atoms with E-state index in [1.165, 1.54) is 6.33 Å². The molecule has 0 atom stereocenters. The number of fused-ring (bicyclic) bond motifs is 2. The van der Waals surface area contributed by atoms with Crippen LogP contribution in [0.25, 0.3) is 21.8 Å². The monoisotopic (exact) mass is 793 g/mol. The Kier molecular flexibility index (Phi) is 11.8. The third-order valence-corrected chi connectivity index (χ3v) is 10.3. The van der Waals surface area contributed by atoms with Crippen LogP contribution in [0.5, 0.6) is 0 Å². The molecule has 0 unspecified atom stereocenters. The molecular formula is C41H35Cl2F2N9O2. The van der Waals surface area contributed by atoms with Gasteiger partial charge in [-0.1, -0.05) is 29.3 Å². The van der Waals surface area contributed by atoms with Gasteiger partial charge in [-0.2, -0.15) is 5.26 Å². The molecule has 4 aromatic carbocycles. The number of halogens is 4. The van der Waals surface area contributed by atoms with E-state index in [0.717, 1.165) is 77.6 Å². The van der Waals surface area contributed by atoms with E-state index in [-0.39, 0.29) is 23.6 Å². The predicted octanol–water partition coefficient (Wildman–Crippen LogP) is 7.51. The fourth-order valence-corrected chi connectivity index (χ4v) is 7.29. The average Bonchev–Trinajstić information content (AvgIpc) is 3.20. The molecule has 2 amide bonds. The van der Waals surface area contributed by atoms with Crippen LogP contribution in [0.3, 0.4) is 0 Å². The van der Waals surface area contributed by atoms with Crippen molar-refractivity contribution in [2.24, 2.45) is 0 Å². The molecule has 0 aliphatic carbocycles. The van der Waals surface area contributed by atoms with Gasteiger partial charge in [0.1, 0.15) is 35.9 Å². The van der Waals surface area contributed by atoms with Crippen LogP contribution in [0.15, 0.2) is 91.5 Å². The van der Waals surface area contributed by atoms with Crippen molar-refractivity contribution >= 4 is 68.5 Å². The minimum atomic E-state index is -0.768. The summed E-state index contributed by atoms with van der Waals surface area (Å²) in [4.78, 5) is 46.6. The van der Waals surface area contributed by atoms with Gasteiger partial charge in [0.15, 0.2) is 0 Å². The Hall–Kier alpha value is -5.97. The van der Waals surface area contributed by atoms with Crippen LogP contribution < -0.4 is 20.4 Å². The summed E-state index contributed by atoms with van der Waals surface area (Å²) in [7, 11) is 0. The van der Waals surface area contributed by atoms with Crippen LogP contribution in [-0.4, -0.2) is 70.0 Å². The van der Waals surface area contributed by atoms with E-state index in [4.69, 9.17) is 28.5 Å². The summed E-state index contributed by atoms with van der Waals surface area (Å²) >= 11 is 12.1. The van der Waals surface area contributed by atoms with Gasteiger partial charge in [-0.25, -0.2) is 28.7 Å². The highest BCUT2D eigenvalue weighted by Crippen LogP contribution is 2.29. The molecule has 8 rings (SSSR count). The average molecular weight is 795 g/mol. The molecule has 0 radical (unpaired) electrons. The largest absolute Gasteiger partial charge is 0.356 e. The summed E-state index contributed by atoms with van der Waals surface area (Å²) in [5, 5.41) is 18.1. The molecule has 2 saturated heterocycles. The predicted molar refractivity (Wildman–Crippen MR) is 212 cm³/mol. The third kappa shape index (κ3) is 9.10. The number of nitrogens with one attached hydrogen (secondary N) is 2. The third-order valence-electron chi connectivity index (χ3n) is 9.79. The number of aromatic nitrogens is 4. The van der Waals surface area contributed by atoms with Crippen LogP contribution >= 0.6 is 23.2 Å². The van der Waals surface area contributed by atoms with Gasteiger partial charge >= 0.3 is 0 Å². The molecule has 15 heteroatoms. The molecule has 6 aromatic rings. The summed E-state index contributed by atoms with van der Waals surface area (Å²) in [6.07, 6.45) is 6.11. The van der Waals surface area contributed by atoms with Crippen LogP contribution in [0.4, 0.5) is 20.4 Å². The number of piperidine rings is 2. The Labute approximate surface area is 331 Å². The van der Waals surface area contributed by atoms with Gasteiger partial charge < -0.3 is 20.4 Å². The SMILES string of the molecule is N#Cc1cccc(C(=O)NC2CCN(c3ncnc4cc(Cl)ccc34)CC2)c1.O=C(NC1CCN(c2ncnc3cc(Cl)ccc23)CC1)c1cc(F)cc(F)c1. The zero-order valence-electron chi connectivity index (χ0n) is 29.9. The molecule has 56 heavy (non-hydrogen) atoms. The maximum Gasteiger partial charge on any atom is 0.251 e. The van der Waals surface area contributed by atoms with Crippen molar-refractivity contribution in [2.75, 3.05) is 36.0 Å². The fraction of sp³-hybridized carbons (Fsp3) is 0.244. The Balaban J connectivity index is 0.000000172. The van der Waals surface area contributed by atoms with Gasteiger partial charge in [-0.05, 0) is 92.4 Å². The Morgan fingerprint density at radius 2 is 1.12 bits per heavy atom. The molecule has 0 bridgehead atoms. The number of anilines is 2. The van der Waals surface area contributed by atoms with Crippen molar-refractivity contribution in [1.82, 2.24) is 30.6 Å². The van der Waals surface area contributed by atoms with Gasteiger partial charge in [-0.3, -0.25) is 9.59 Å². The lowest BCUT2D eigenvalue weighted by Gasteiger charge is -2.33. The van der Waals surface area contributed by atoms with Crippen molar-refractivity contribution in [1.29, 1.82) is 5.26 Å². The minimum Gasteiger partial charge on any atom is -0.356 e. The second-order valence-electron chi connectivity index (χ2n) is 13.5. The summed E-state index contributed by atoms with van der Waals surface area (Å²) in [5.74, 6) is -0.421. The molecule has 2 aliphatic rings. The van der Waals surface area contributed by atoms with Gasteiger partial charge in [0, 0.05) is 76.3 Å². The topological polar surface area (TPSA) is 140 Å². The van der Waals surface area contributed by atoms with Gasteiger partial charge in [0.2, 0.25) is 0 Å². The second-order valence-corrected chi connectivity index (χ2v) is 14.4. The highest BCUT2D eigenvalue weighted by Gasteiger charge is 2.25. The number of hydrogen-bond acceptors (Lipinski definition) is 9. The quantitative estimate of drug-likeness (QED) is 0.175. The second kappa shape index (κ2) is 17.2. The van der Waals surface area contributed by atoms with E-state index in [0.29, 0.717) is 47.1 Å². The highest BCUT2D eigenvalue weighted by atomic mass is 35.5. The highest BCUT2D eigenvalue weighted by molar-refractivity contribution is 6.31. The number of nitriles is 1. The Bertz CT molecular complexity index is 2430. The van der Waals surface area contributed by atoms with Gasteiger partial charge in [-0.15, -0.1) is 0 Å². The van der Waals surface area contributed by atoms with Crippen LogP contribution in [-0.2, 0) is 0 Å². The lowest BCUT2D eigenvalue weighted by molar-refractivity contribution is 0.0922. The number of carbonyl (C=O) groups excluding carboxylic acids is 2. The zero-order chi connectivity index (χ0) is 39.2. The van der Waals surface area contributed by atoms with Crippen LogP contribution in [0.1, 0.15) is 52.0 Å². The molecule has 2 fully saturated rings. The maximum atomic E-state index is 13.3. The summed E-state index contributed by atoms with van der Waals surface area (Å²) in [6.45, 7) is 2.96. The minimum absolute atomic E-state index is 0.0152. The summed E-state index contributed by atoms with van der Waals surface area (Å²) < 4.78 is 26.6. The van der Waals surface area contributed by atoms with Crippen LogP contribution in [0.2, 0.25) is 10.0 Å². The number of amides is 2. The first-order chi connectivity index (χ1) is 27.1. The molecule has 2 aliphatic heterocycles. The number of nitrogens with zero attached hydrogens (tertiary/aromatic N) is 7. The summed E-state index contributed by atoms with van der Waals surface area (Å²) in [5.41, 5.74) is 2.59. The number of rotatable bonds is 6. The Morgan fingerprint density at radius 1 is 0.643 bits per heavy atom. The van der Waals surface area contributed by atoms with Crippen molar-refractivity contribution in [3.05, 3.63) is 130 Å². The zero-order valence-corrected chi connectivity index (χ0v) is 31.4. The molecular weight excluding hydrogens is 759 g/mol. The smallest absolute Gasteiger partial charge is 0.251 e. The first kappa shape index (κ1) is 38.3. The number of hydrogen-bond donors (Lipinski definition) is 2. The van der Waals surface area contributed by atoms with Crippen molar-refractivity contribution in [3.63, 3.8) is 0 Å². The molecule has 2 aromatic heterocycles. The molecule has 11 nitrogen and oxygen atoms in total. The van der Waals surface area contributed by atoms with Gasteiger partial charge in [0.05, 0.1) is 22.7 Å². The van der Waals surface area contributed by atoms with E-state index in [1.54, 1.807) is 36.7 Å². The number of carbonyl (C=O) groups is 2. The van der Waals surface area contributed by atoms with E-state index >= 15 is 0 Å². The van der Waals surface area contributed by atoms with Crippen molar-refractivity contribution < 1.29 is 18.4 Å². The lowest BCUT2D eigenvalue weighted by atomic mass is 10.0. The summed E-state index contributed by atoms with van der Waals surface area (Å²) in [6, 6.07) is 22.8. The molecule has 0 saturated carbocycles. The molecule has 284 valence electrons. The molecule has 0 spiro atoms. The van der Waals surface area contributed by atoms with E-state index in [9.17, 15) is 18.4 Å². The number of benzene rings is 4. The fourth-order valence-electron chi connectivity index (χ4n) is 6.96. The van der Waals surface area contributed by atoms with E-state index in [1.807, 2.05) is 30.3 Å². The maximum absolute atomic E-state index is 13.3. The van der Waals surface area contributed by atoms with Crippen molar-refractivity contribution in [2.45, 2.75) is 37.8 Å². The first-order valence-electron chi connectivity index (χ1n) is 18.0. The molecule has 2 N–H and O–H groups in total. The first-order valence-corrected chi connectivity index (χ1v) is 18.8. The lowest BCUT2D eigenvalue weighted by Crippen LogP contribution is -2.45. The molecule has 4 heterocycles. The van der Waals surface area contributed by atoms with Crippen molar-refractivity contribution in [3.8, 4) is 6.07 Å². The Morgan fingerprint density at radius 3 is 1.61 bits per heavy atom. The normalized spacial score (nSPS) is 14.8. The van der Waals surface area contributed by atoms with Gasteiger partial charge in [0.25, 0.3) is 11.8 Å². The van der Waals surface area contributed by atoms with E-state index in [2.05, 4.69) is 46.4 Å². The van der Waals surface area contributed by atoms with Crippen LogP contribution in [0, 0.1) is 23.0 Å². The van der Waals surface area contributed by atoms with E-state index < -0.39 is 17.5 Å².